The molecule has 1 rings (SSSR count). The van der Waals surface area contributed by atoms with E-state index in [2.05, 4.69) is 11.0 Å². The van der Waals surface area contributed by atoms with E-state index in [4.69, 9.17) is 10.00 Å². The van der Waals surface area contributed by atoms with E-state index < -0.39 is 0 Å². The van der Waals surface area contributed by atoms with Crippen LogP contribution in [0.15, 0.2) is 18.2 Å². The summed E-state index contributed by atoms with van der Waals surface area (Å²) in [6.45, 7) is 3.60. The monoisotopic (exact) mass is 218 g/mol. The summed E-state index contributed by atoms with van der Waals surface area (Å²) in [5, 5.41) is 8.95. The molecule has 0 aliphatic heterocycles. The lowest BCUT2D eigenvalue weighted by Crippen LogP contribution is -2.15. The van der Waals surface area contributed by atoms with Crippen molar-refractivity contribution >= 4 is 0 Å². The molecule has 0 spiro atoms. The molecular formula is C13H18N2O. The summed E-state index contributed by atoms with van der Waals surface area (Å²) in [5.41, 5.74) is 1.63. The van der Waals surface area contributed by atoms with Crippen LogP contribution in [0.5, 0.6) is 5.75 Å². The number of para-hydroxylation sites is 1. The molecule has 1 aromatic carbocycles. The lowest BCUT2D eigenvalue weighted by Gasteiger charge is -2.12. The molecule has 0 amide bonds. The number of aryl methyl sites for hydroxylation is 1. The van der Waals surface area contributed by atoms with Gasteiger partial charge < -0.3 is 9.64 Å². The summed E-state index contributed by atoms with van der Waals surface area (Å²) in [4.78, 5) is 2.12. The van der Waals surface area contributed by atoms with Crippen molar-refractivity contribution in [2.24, 2.45) is 0 Å². The van der Waals surface area contributed by atoms with Crippen molar-refractivity contribution in [3.63, 3.8) is 0 Å². The van der Waals surface area contributed by atoms with Gasteiger partial charge in [0.25, 0.3) is 0 Å². The third-order valence-electron chi connectivity index (χ3n) is 2.33. The summed E-state index contributed by atoms with van der Waals surface area (Å²) in [6.07, 6.45) is 0.964. The first-order chi connectivity index (χ1) is 7.65. The molecular weight excluding hydrogens is 200 g/mol. The summed E-state index contributed by atoms with van der Waals surface area (Å²) >= 11 is 0. The fourth-order valence-corrected chi connectivity index (χ4v) is 1.49. The number of hydrogen-bond donors (Lipinski definition) is 0. The summed E-state index contributed by atoms with van der Waals surface area (Å²) in [6, 6.07) is 7.77. The second-order valence-electron chi connectivity index (χ2n) is 4.07. The highest BCUT2D eigenvalue weighted by molar-refractivity contribution is 5.47. The smallest absolute Gasteiger partial charge is 0.139 e. The van der Waals surface area contributed by atoms with Gasteiger partial charge in [0.15, 0.2) is 0 Å². The van der Waals surface area contributed by atoms with E-state index in [0.717, 1.165) is 24.3 Å². The molecule has 0 fully saturated rings. The van der Waals surface area contributed by atoms with Crippen LogP contribution in [0.2, 0.25) is 0 Å². The number of nitrogens with zero attached hydrogens (tertiary/aromatic N) is 2. The van der Waals surface area contributed by atoms with Crippen molar-refractivity contribution in [2.45, 2.75) is 13.3 Å². The van der Waals surface area contributed by atoms with E-state index in [-0.39, 0.29) is 0 Å². The Morgan fingerprint density at radius 2 is 2.12 bits per heavy atom. The number of rotatable bonds is 5. The SMILES string of the molecule is Cc1cccc(C#N)c1OCCCN(C)C. The molecule has 16 heavy (non-hydrogen) atoms. The molecule has 1 aromatic rings. The maximum Gasteiger partial charge on any atom is 0.139 e. The third-order valence-corrected chi connectivity index (χ3v) is 2.33. The van der Waals surface area contributed by atoms with Crippen molar-refractivity contribution in [2.75, 3.05) is 27.2 Å². The quantitative estimate of drug-likeness (QED) is 0.711. The maximum absolute atomic E-state index is 8.95. The molecule has 0 saturated heterocycles. The Hall–Kier alpha value is -1.53. The van der Waals surface area contributed by atoms with Crippen molar-refractivity contribution in [1.29, 1.82) is 5.26 Å². The van der Waals surface area contributed by atoms with Gasteiger partial charge in [-0.1, -0.05) is 12.1 Å². The Labute approximate surface area is 97.3 Å². The Morgan fingerprint density at radius 1 is 1.38 bits per heavy atom. The third kappa shape index (κ3) is 3.56. The topological polar surface area (TPSA) is 36.3 Å². The average Bonchev–Trinajstić information content (AvgIpc) is 2.25. The van der Waals surface area contributed by atoms with Gasteiger partial charge in [0.05, 0.1) is 12.2 Å². The fraction of sp³-hybridized carbons (Fsp3) is 0.462. The van der Waals surface area contributed by atoms with E-state index in [1.807, 2.05) is 33.2 Å². The minimum atomic E-state index is 0.616. The van der Waals surface area contributed by atoms with Gasteiger partial charge in [-0.05, 0) is 39.1 Å². The van der Waals surface area contributed by atoms with Crippen LogP contribution in [0.1, 0.15) is 17.5 Å². The molecule has 0 bridgehead atoms. The molecule has 0 atom stereocenters. The van der Waals surface area contributed by atoms with E-state index >= 15 is 0 Å². The van der Waals surface area contributed by atoms with Crippen LogP contribution in [0.25, 0.3) is 0 Å². The Kier molecular flexibility index (Phi) is 4.81. The molecule has 0 heterocycles. The molecule has 0 aliphatic carbocycles. The predicted octanol–water partition coefficient (Wildman–Crippen LogP) is 2.20. The van der Waals surface area contributed by atoms with Gasteiger partial charge in [-0.2, -0.15) is 5.26 Å². The summed E-state index contributed by atoms with van der Waals surface area (Å²) < 4.78 is 5.66. The highest BCUT2D eigenvalue weighted by Gasteiger charge is 2.05. The Morgan fingerprint density at radius 3 is 2.75 bits per heavy atom. The van der Waals surface area contributed by atoms with Crippen molar-refractivity contribution < 1.29 is 4.74 Å². The minimum Gasteiger partial charge on any atom is -0.492 e. The first-order valence-corrected chi connectivity index (χ1v) is 5.42. The molecule has 0 aliphatic rings. The highest BCUT2D eigenvalue weighted by Crippen LogP contribution is 2.22. The van der Waals surface area contributed by atoms with Gasteiger partial charge in [0, 0.05) is 6.54 Å². The molecule has 0 aromatic heterocycles. The standard InChI is InChI=1S/C13H18N2O/c1-11-6-4-7-12(10-14)13(11)16-9-5-8-15(2)3/h4,6-7H,5,8-9H2,1-3H3. The average molecular weight is 218 g/mol. The second-order valence-corrected chi connectivity index (χ2v) is 4.07. The van der Waals surface area contributed by atoms with Crippen molar-refractivity contribution in [3.05, 3.63) is 29.3 Å². The summed E-state index contributed by atoms with van der Waals surface area (Å²) in [7, 11) is 4.07. The van der Waals surface area contributed by atoms with E-state index in [1.54, 1.807) is 6.07 Å². The van der Waals surface area contributed by atoms with E-state index in [9.17, 15) is 0 Å². The molecule has 3 heteroatoms. The van der Waals surface area contributed by atoms with Crippen LogP contribution in [-0.2, 0) is 0 Å². The number of ether oxygens (including phenoxy) is 1. The van der Waals surface area contributed by atoms with Crippen LogP contribution < -0.4 is 4.74 Å². The Bertz CT molecular complexity index is 380. The van der Waals surface area contributed by atoms with Crippen LogP contribution >= 0.6 is 0 Å². The van der Waals surface area contributed by atoms with Gasteiger partial charge in [0.2, 0.25) is 0 Å². The molecule has 0 radical (unpaired) electrons. The number of hydrogen-bond acceptors (Lipinski definition) is 3. The lowest BCUT2D eigenvalue weighted by atomic mass is 10.1. The molecule has 86 valence electrons. The molecule has 0 unspecified atom stereocenters. The van der Waals surface area contributed by atoms with E-state index in [1.165, 1.54) is 0 Å². The normalized spacial score (nSPS) is 10.2. The summed E-state index contributed by atoms with van der Waals surface area (Å²) in [5.74, 6) is 0.726. The second kappa shape index (κ2) is 6.14. The zero-order chi connectivity index (χ0) is 12.0. The minimum absolute atomic E-state index is 0.616. The maximum atomic E-state index is 8.95. The lowest BCUT2D eigenvalue weighted by molar-refractivity contribution is 0.279. The van der Waals surface area contributed by atoms with Gasteiger partial charge in [-0.3, -0.25) is 0 Å². The predicted molar refractivity (Wildman–Crippen MR) is 64.6 cm³/mol. The van der Waals surface area contributed by atoms with Gasteiger partial charge in [-0.25, -0.2) is 0 Å². The molecule has 0 saturated carbocycles. The number of nitriles is 1. The van der Waals surface area contributed by atoms with Crippen molar-refractivity contribution in [3.8, 4) is 11.8 Å². The van der Waals surface area contributed by atoms with Crippen LogP contribution in [-0.4, -0.2) is 32.1 Å². The van der Waals surface area contributed by atoms with Gasteiger partial charge in [-0.15, -0.1) is 0 Å². The highest BCUT2D eigenvalue weighted by atomic mass is 16.5. The first kappa shape index (κ1) is 12.5. The number of benzene rings is 1. The van der Waals surface area contributed by atoms with Crippen LogP contribution in [0.4, 0.5) is 0 Å². The first-order valence-electron chi connectivity index (χ1n) is 5.42. The van der Waals surface area contributed by atoms with Gasteiger partial charge in [0.1, 0.15) is 11.8 Å². The zero-order valence-corrected chi connectivity index (χ0v) is 10.2. The van der Waals surface area contributed by atoms with Crippen LogP contribution in [0, 0.1) is 18.3 Å². The van der Waals surface area contributed by atoms with E-state index in [0.29, 0.717) is 12.2 Å². The van der Waals surface area contributed by atoms with Gasteiger partial charge >= 0.3 is 0 Å². The molecule has 0 N–H and O–H groups in total. The molecule has 3 nitrogen and oxygen atoms in total. The fourth-order valence-electron chi connectivity index (χ4n) is 1.49. The zero-order valence-electron chi connectivity index (χ0n) is 10.2. The van der Waals surface area contributed by atoms with Crippen LogP contribution in [0.3, 0.4) is 0 Å². The van der Waals surface area contributed by atoms with Crippen molar-refractivity contribution in [1.82, 2.24) is 4.90 Å². The largest absolute Gasteiger partial charge is 0.492 e. The Balaban J connectivity index is 2.57.